The predicted octanol–water partition coefficient (Wildman–Crippen LogP) is 3.95. The van der Waals surface area contributed by atoms with E-state index in [9.17, 15) is 19.1 Å². The number of aryl methyl sites for hydroxylation is 1. The van der Waals surface area contributed by atoms with Crippen LogP contribution in [0.25, 0.3) is 10.9 Å². The smallest absolute Gasteiger partial charge is 0.257 e. The van der Waals surface area contributed by atoms with Crippen molar-refractivity contribution in [3.05, 3.63) is 80.3 Å². The number of hydrogen-bond acceptors (Lipinski definition) is 3. The molecule has 0 saturated heterocycles. The third-order valence-corrected chi connectivity index (χ3v) is 4.89. The van der Waals surface area contributed by atoms with E-state index in [1.807, 2.05) is 0 Å². The summed E-state index contributed by atoms with van der Waals surface area (Å²) in [5.74, 6) is -1.12. The number of hydrogen-bond donors (Lipinski definition) is 3. The molecule has 1 aromatic heterocycles. The zero-order chi connectivity index (χ0) is 21.2. The van der Waals surface area contributed by atoms with Crippen molar-refractivity contribution in [3.8, 4) is 0 Å². The van der Waals surface area contributed by atoms with E-state index >= 15 is 0 Å². The molecule has 2 aromatic carbocycles. The Bertz CT molecular complexity index is 1100. The number of carbonyl (C=O) groups excluding carboxylic acids is 1. The first-order chi connectivity index (χ1) is 13.6. The van der Waals surface area contributed by atoms with E-state index in [1.165, 1.54) is 12.3 Å². The summed E-state index contributed by atoms with van der Waals surface area (Å²) in [6.45, 7) is 3.56. The molecule has 3 aromatic rings. The fraction of sp³-hybridized carbons (Fsp3) is 0.273. The van der Waals surface area contributed by atoms with Gasteiger partial charge < -0.3 is 15.4 Å². The lowest BCUT2D eigenvalue weighted by molar-refractivity contribution is 0.0713. The Morgan fingerprint density at radius 3 is 2.55 bits per heavy atom. The highest BCUT2D eigenvalue weighted by Gasteiger charge is 2.17. The topological polar surface area (TPSA) is 82.2 Å². The Morgan fingerprint density at radius 2 is 1.90 bits per heavy atom. The monoisotopic (exact) mass is 416 g/mol. The van der Waals surface area contributed by atoms with E-state index in [0.717, 1.165) is 5.56 Å². The van der Waals surface area contributed by atoms with Gasteiger partial charge in [-0.3, -0.25) is 9.59 Å². The highest BCUT2D eigenvalue weighted by atomic mass is 35.5. The number of halogens is 2. The zero-order valence-electron chi connectivity index (χ0n) is 16.2. The highest BCUT2D eigenvalue weighted by molar-refractivity contribution is 6.30. The SMILES string of the molecule is CC(C)(O)CCc1cc(F)c2[nH]cc(C(=O)NCc3ccc(Cl)cc3)c(=O)c2c1. The van der Waals surface area contributed by atoms with Crippen molar-refractivity contribution < 1.29 is 14.3 Å². The first kappa shape index (κ1) is 21.0. The van der Waals surface area contributed by atoms with E-state index in [0.29, 0.717) is 23.4 Å². The third-order valence-electron chi connectivity index (χ3n) is 4.64. The molecule has 1 amide bonds. The predicted molar refractivity (Wildman–Crippen MR) is 112 cm³/mol. The van der Waals surface area contributed by atoms with Crippen LogP contribution < -0.4 is 10.7 Å². The van der Waals surface area contributed by atoms with Crippen LogP contribution in [0.3, 0.4) is 0 Å². The lowest BCUT2D eigenvalue weighted by Crippen LogP contribution is -2.28. The fourth-order valence-electron chi connectivity index (χ4n) is 2.99. The van der Waals surface area contributed by atoms with E-state index in [-0.39, 0.29) is 23.0 Å². The van der Waals surface area contributed by atoms with Gasteiger partial charge in [-0.15, -0.1) is 0 Å². The molecule has 0 atom stereocenters. The van der Waals surface area contributed by atoms with E-state index in [2.05, 4.69) is 10.3 Å². The molecule has 0 aliphatic rings. The number of nitrogens with one attached hydrogen (secondary N) is 2. The molecule has 7 heteroatoms. The van der Waals surface area contributed by atoms with Crippen molar-refractivity contribution in [1.29, 1.82) is 0 Å². The zero-order valence-corrected chi connectivity index (χ0v) is 16.9. The maximum Gasteiger partial charge on any atom is 0.257 e. The highest BCUT2D eigenvalue weighted by Crippen LogP contribution is 2.19. The number of H-pyrrole nitrogens is 1. The Morgan fingerprint density at radius 1 is 1.21 bits per heavy atom. The Balaban J connectivity index is 1.86. The van der Waals surface area contributed by atoms with Crippen molar-refractivity contribution in [2.24, 2.45) is 0 Å². The summed E-state index contributed by atoms with van der Waals surface area (Å²) < 4.78 is 14.4. The van der Waals surface area contributed by atoms with Gasteiger partial charge in [0.1, 0.15) is 11.4 Å². The summed E-state index contributed by atoms with van der Waals surface area (Å²) in [4.78, 5) is 28.0. The van der Waals surface area contributed by atoms with E-state index in [4.69, 9.17) is 11.6 Å². The number of benzene rings is 2. The number of pyridine rings is 1. The van der Waals surface area contributed by atoms with Gasteiger partial charge >= 0.3 is 0 Å². The molecule has 1 heterocycles. The van der Waals surface area contributed by atoms with Crippen LogP contribution in [0.15, 0.2) is 47.4 Å². The molecule has 0 unspecified atom stereocenters. The minimum absolute atomic E-state index is 0.0521. The van der Waals surface area contributed by atoms with Gasteiger partial charge in [0, 0.05) is 23.2 Å². The van der Waals surface area contributed by atoms with Crippen molar-refractivity contribution in [3.63, 3.8) is 0 Å². The maximum atomic E-state index is 14.4. The number of rotatable bonds is 6. The van der Waals surface area contributed by atoms with Gasteiger partial charge in [0.05, 0.1) is 11.1 Å². The number of aliphatic hydroxyl groups is 1. The Hall–Kier alpha value is -2.70. The van der Waals surface area contributed by atoms with Crippen LogP contribution in [-0.2, 0) is 13.0 Å². The molecule has 0 aliphatic carbocycles. The number of aromatic amines is 1. The Labute approximate surface area is 172 Å². The molecule has 0 radical (unpaired) electrons. The largest absolute Gasteiger partial charge is 0.390 e. The van der Waals surface area contributed by atoms with Gasteiger partial charge in [0.2, 0.25) is 5.43 Å². The minimum Gasteiger partial charge on any atom is -0.390 e. The quantitative estimate of drug-likeness (QED) is 0.569. The summed E-state index contributed by atoms with van der Waals surface area (Å²) in [6, 6.07) is 9.88. The minimum atomic E-state index is -0.902. The molecule has 3 N–H and O–H groups in total. The molecule has 0 spiro atoms. The van der Waals surface area contributed by atoms with Crippen LogP contribution >= 0.6 is 11.6 Å². The van der Waals surface area contributed by atoms with Gasteiger partial charge in [0.15, 0.2) is 0 Å². The van der Waals surface area contributed by atoms with Gasteiger partial charge in [-0.1, -0.05) is 23.7 Å². The van der Waals surface area contributed by atoms with Gasteiger partial charge in [-0.2, -0.15) is 0 Å². The molecule has 0 fully saturated rings. The van der Waals surface area contributed by atoms with Crippen LogP contribution in [-0.4, -0.2) is 21.6 Å². The van der Waals surface area contributed by atoms with Gasteiger partial charge in [0.25, 0.3) is 5.91 Å². The number of carbonyl (C=O) groups is 1. The normalized spacial score (nSPS) is 11.6. The average Bonchev–Trinajstić information content (AvgIpc) is 2.66. The number of amides is 1. The average molecular weight is 417 g/mol. The Kier molecular flexibility index (Phi) is 6.05. The maximum absolute atomic E-state index is 14.4. The van der Waals surface area contributed by atoms with Crippen molar-refractivity contribution in [1.82, 2.24) is 10.3 Å². The molecule has 3 rings (SSSR count). The first-order valence-corrected chi connectivity index (χ1v) is 9.61. The molecular weight excluding hydrogens is 395 g/mol. The molecule has 0 saturated carbocycles. The second-order valence-electron chi connectivity index (χ2n) is 7.65. The number of aromatic nitrogens is 1. The van der Waals surface area contributed by atoms with Crippen molar-refractivity contribution in [2.75, 3.05) is 0 Å². The standard InChI is InChI=1S/C22H22ClFN2O3/c1-22(2,29)8-7-14-9-16-19(18(24)10-14)25-12-17(20(16)27)21(28)26-11-13-3-5-15(23)6-4-13/h3-6,9-10,12,29H,7-8,11H2,1-2H3,(H,25,27)(H,26,28). The first-order valence-electron chi connectivity index (χ1n) is 9.23. The summed E-state index contributed by atoms with van der Waals surface area (Å²) in [6.07, 6.45) is 2.04. The number of fused-ring (bicyclic) bond motifs is 1. The lowest BCUT2D eigenvalue weighted by atomic mass is 9.97. The summed E-state index contributed by atoms with van der Waals surface area (Å²) in [5.41, 5.74) is -0.0688. The molecule has 152 valence electrons. The summed E-state index contributed by atoms with van der Waals surface area (Å²) in [7, 11) is 0. The lowest BCUT2D eigenvalue weighted by Gasteiger charge is -2.16. The summed E-state index contributed by atoms with van der Waals surface area (Å²) in [5, 5.41) is 13.3. The fourth-order valence-corrected chi connectivity index (χ4v) is 3.11. The molecule has 5 nitrogen and oxygen atoms in total. The van der Waals surface area contributed by atoms with Crippen LogP contribution in [0.4, 0.5) is 4.39 Å². The summed E-state index contributed by atoms with van der Waals surface area (Å²) >= 11 is 5.84. The second kappa shape index (κ2) is 8.35. The molecule has 29 heavy (non-hydrogen) atoms. The van der Waals surface area contributed by atoms with Crippen molar-refractivity contribution >= 4 is 28.4 Å². The molecular formula is C22H22ClFN2O3. The van der Waals surface area contributed by atoms with Gasteiger partial charge in [-0.05, 0) is 62.1 Å². The van der Waals surface area contributed by atoms with Crippen LogP contribution in [0.1, 0.15) is 41.8 Å². The van der Waals surface area contributed by atoms with E-state index in [1.54, 1.807) is 44.2 Å². The van der Waals surface area contributed by atoms with Crippen LogP contribution in [0, 0.1) is 5.82 Å². The van der Waals surface area contributed by atoms with Crippen LogP contribution in [0.2, 0.25) is 5.02 Å². The molecule has 0 aliphatic heterocycles. The third kappa shape index (κ3) is 5.22. The van der Waals surface area contributed by atoms with Crippen molar-refractivity contribution in [2.45, 2.75) is 38.8 Å². The van der Waals surface area contributed by atoms with E-state index < -0.39 is 22.8 Å². The molecule has 0 bridgehead atoms. The van der Waals surface area contributed by atoms with Gasteiger partial charge in [-0.25, -0.2) is 4.39 Å². The second-order valence-corrected chi connectivity index (χ2v) is 8.09. The van der Waals surface area contributed by atoms with Crippen LogP contribution in [0.5, 0.6) is 0 Å².